The molecule has 0 aromatic carbocycles. The standard InChI is InChI=1S/C14H19ClN4O2/c1-16-13(20)9-19-6-3-11(4-7-19)18-14(21)10-2-5-17-12(15)8-10/h2,5,8,11H,3-4,6-7,9H2,1H3,(H,16,20)(H,18,21). The van der Waals surface area contributed by atoms with E-state index in [1.165, 1.54) is 6.20 Å². The minimum absolute atomic E-state index is 0.0175. The third-order valence-corrected chi connectivity index (χ3v) is 3.76. The minimum Gasteiger partial charge on any atom is -0.358 e. The molecule has 21 heavy (non-hydrogen) atoms. The summed E-state index contributed by atoms with van der Waals surface area (Å²) in [6, 6.07) is 3.32. The van der Waals surface area contributed by atoms with Gasteiger partial charge in [0.1, 0.15) is 5.15 Å². The van der Waals surface area contributed by atoms with E-state index in [9.17, 15) is 9.59 Å². The molecule has 2 heterocycles. The number of hydrogen-bond donors (Lipinski definition) is 2. The second-order valence-corrected chi connectivity index (χ2v) is 5.45. The fourth-order valence-electron chi connectivity index (χ4n) is 2.33. The van der Waals surface area contributed by atoms with E-state index in [4.69, 9.17) is 11.6 Å². The number of carbonyl (C=O) groups is 2. The van der Waals surface area contributed by atoms with Crippen molar-refractivity contribution >= 4 is 23.4 Å². The number of pyridine rings is 1. The third-order valence-electron chi connectivity index (χ3n) is 3.56. The van der Waals surface area contributed by atoms with E-state index >= 15 is 0 Å². The summed E-state index contributed by atoms with van der Waals surface area (Å²) >= 11 is 5.78. The van der Waals surface area contributed by atoms with Gasteiger partial charge in [0.25, 0.3) is 5.91 Å². The highest BCUT2D eigenvalue weighted by Crippen LogP contribution is 2.12. The molecule has 0 spiro atoms. The third kappa shape index (κ3) is 4.68. The molecule has 1 saturated heterocycles. The molecular formula is C14H19ClN4O2. The molecule has 1 aliphatic heterocycles. The lowest BCUT2D eigenvalue weighted by molar-refractivity contribution is -0.122. The lowest BCUT2D eigenvalue weighted by atomic mass is 10.0. The minimum atomic E-state index is -0.135. The molecule has 1 fully saturated rings. The fourth-order valence-corrected chi connectivity index (χ4v) is 2.50. The van der Waals surface area contributed by atoms with E-state index in [0.717, 1.165) is 25.9 Å². The zero-order valence-electron chi connectivity index (χ0n) is 11.9. The van der Waals surface area contributed by atoms with Crippen LogP contribution < -0.4 is 10.6 Å². The summed E-state index contributed by atoms with van der Waals surface area (Å²) < 4.78 is 0. The Labute approximate surface area is 128 Å². The number of aromatic nitrogens is 1. The molecule has 1 aliphatic rings. The monoisotopic (exact) mass is 310 g/mol. The fraction of sp³-hybridized carbons (Fsp3) is 0.500. The molecule has 0 atom stereocenters. The Bertz CT molecular complexity index is 515. The number of halogens is 1. The van der Waals surface area contributed by atoms with Gasteiger partial charge < -0.3 is 10.6 Å². The first-order chi connectivity index (χ1) is 10.1. The van der Waals surface area contributed by atoms with Gasteiger partial charge in [-0.1, -0.05) is 11.6 Å². The summed E-state index contributed by atoms with van der Waals surface area (Å²) in [7, 11) is 1.63. The van der Waals surface area contributed by atoms with E-state index in [2.05, 4.69) is 20.5 Å². The summed E-state index contributed by atoms with van der Waals surface area (Å²) in [4.78, 5) is 29.4. The van der Waals surface area contributed by atoms with Gasteiger partial charge in [0.2, 0.25) is 5.91 Å². The maximum Gasteiger partial charge on any atom is 0.251 e. The largest absolute Gasteiger partial charge is 0.358 e. The van der Waals surface area contributed by atoms with Crippen LogP contribution in [0.5, 0.6) is 0 Å². The summed E-state index contributed by atoms with van der Waals surface area (Å²) in [6.45, 7) is 2.02. The highest BCUT2D eigenvalue weighted by molar-refractivity contribution is 6.29. The molecule has 2 amide bonds. The summed E-state index contributed by atoms with van der Waals surface area (Å²) in [5.74, 6) is -0.118. The Hall–Kier alpha value is -1.66. The molecule has 7 heteroatoms. The second-order valence-electron chi connectivity index (χ2n) is 5.06. The second kappa shape index (κ2) is 7.38. The Kier molecular flexibility index (Phi) is 5.52. The van der Waals surface area contributed by atoms with Crippen LogP contribution >= 0.6 is 11.6 Å². The summed E-state index contributed by atoms with van der Waals surface area (Å²) in [5.41, 5.74) is 0.516. The van der Waals surface area contributed by atoms with Gasteiger partial charge in [-0.2, -0.15) is 0 Å². The van der Waals surface area contributed by atoms with Crippen LogP contribution in [0, 0.1) is 0 Å². The van der Waals surface area contributed by atoms with Gasteiger partial charge in [-0.25, -0.2) is 4.98 Å². The summed E-state index contributed by atoms with van der Waals surface area (Å²) in [6.07, 6.45) is 3.19. The van der Waals surface area contributed by atoms with Crippen LogP contribution in [0.1, 0.15) is 23.2 Å². The Morgan fingerprint density at radius 2 is 2.14 bits per heavy atom. The van der Waals surface area contributed by atoms with E-state index in [-0.39, 0.29) is 17.9 Å². The van der Waals surface area contributed by atoms with Crippen molar-refractivity contribution in [1.29, 1.82) is 0 Å². The highest BCUT2D eigenvalue weighted by Gasteiger charge is 2.22. The normalized spacial score (nSPS) is 16.5. The molecular weight excluding hydrogens is 292 g/mol. The van der Waals surface area contributed by atoms with Crippen LogP contribution in [0.3, 0.4) is 0 Å². The number of carbonyl (C=O) groups excluding carboxylic acids is 2. The van der Waals surface area contributed by atoms with Gasteiger partial charge in [0.15, 0.2) is 0 Å². The molecule has 1 aromatic heterocycles. The number of hydrogen-bond acceptors (Lipinski definition) is 4. The van der Waals surface area contributed by atoms with Gasteiger partial charge in [0, 0.05) is 37.9 Å². The van der Waals surface area contributed by atoms with E-state index < -0.39 is 0 Å². The lowest BCUT2D eigenvalue weighted by Gasteiger charge is -2.31. The van der Waals surface area contributed by atoms with Crippen molar-refractivity contribution in [2.45, 2.75) is 18.9 Å². The van der Waals surface area contributed by atoms with Crippen molar-refractivity contribution in [2.24, 2.45) is 0 Å². The quantitative estimate of drug-likeness (QED) is 0.802. The van der Waals surface area contributed by atoms with Crippen molar-refractivity contribution in [1.82, 2.24) is 20.5 Å². The Morgan fingerprint density at radius 3 is 2.76 bits per heavy atom. The van der Waals surface area contributed by atoms with Gasteiger partial charge in [0.05, 0.1) is 6.54 Å². The predicted molar refractivity (Wildman–Crippen MR) is 80.2 cm³/mol. The number of amides is 2. The van der Waals surface area contributed by atoms with Crippen LogP contribution in [0.2, 0.25) is 5.15 Å². The van der Waals surface area contributed by atoms with Crippen molar-refractivity contribution in [3.63, 3.8) is 0 Å². The maximum absolute atomic E-state index is 12.1. The molecule has 2 N–H and O–H groups in total. The van der Waals surface area contributed by atoms with Crippen molar-refractivity contribution in [3.05, 3.63) is 29.0 Å². The number of rotatable bonds is 4. The summed E-state index contributed by atoms with van der Waals surface area (Å²) in [5, 5.41) is 5.92. The maximum atomic E-state index is 12.1. The highest BCUT2D eigenvalue weighted by atomic mass is 35.5. The van der Waals surface area contributed by atoms with Gasteiger partial charge >= 0.3 is 0 Å². The molecule has 0 radical (unpaired) electrons. The molecule has 0 saturated carbocycles. The Balaban J connectivity index is 1.81. The van der Waals surface area contributed by atoms with Crippen LogP contribution in [0.25, 0.3) is 0 Å². The molecule has 114 valence electrons. The first kappa shape index (κ1) is 15.7. The zero-order chi connectivity index (χ0) is 15.2. The van der Waals surface area contributed by atoms with Gasteiger partial charge in [-0.05, 0) is 25.0 Å². The lowest BCUT2D eigenvalue weighted by Crippen LogP contribution is -2.47. The molecule has 0 bridgehead atoms. The number of likely N-dealkylation sites (tertiary alicyclic amines) is 1. The molecule has 2 rings (SSSR count). The number of nitrogens with one attached hydrogen (secondary N) is 2. The molecule has 0 aliphatic carbocycles. The predicted octanol–water partition coefficient (Wildman–Crippen LogP) is 0.675. The van der Waals surface area contributed by atoms with Crippen molar-refractivity contribution in [2.75, 3.05) is 26.7 Å². The number of nitrogens with zero attached hydrogens (tertiary/aromatic N) is 2. The van der Waals surface area contributed by atoms with Crippen molar-refractivity contribution < 1.29 is 9.59 Å². The van der Waals surface area contributed by atoms with Crippen LogP contribution in [0.15, 0.2) is 18.3 Å². The Morgan fingerprint density at radius 1 is 1.43 bits per heavy atom. The van der Waals surface area contributed by atoms with E-state index in [1.807, 2.05) is 0 Å². The van der Waals surface area contributed by atoms with Gasteiger partial charge in [-0.15, -0.1) is 0 Å². The first-order valence-corrected chi connectivity index (χ1v) is 7.31. The van der Waals surface area contributed by atoms with Crippen LogP contribution in [-0.2, 0) is 4.79 Å². The topological polar surface area (TPSA) is 74.3 Å². The van der Waals surface area contributed by atoms with Crippen LogP contribution in [-0.4, -0.2) is 54.4 Å². The van der Waals surface area contributed by atoms with E-state index in [1.54, 1.807) is 19.2 Å². The number of likely N-dealkylation sites (N-methyl/N-ethyl adjacent to an activating group) is 1. The van der Waals surface area contributed by atoms with Gasteiger partial charge in [-0.3, -0.25) is 14.5 Å². The zero-order valence-corrected chi connectivity index (χ0v) is 12.7. The molecule has 0 unspecified atom stereocenters. The SMILES string of the molecule is CNC(=O)CN1CCC(NC(=O)c2ccnc(Cl)c2)CC1. The average molecular weight is 311 g/mol. The van der Waals surface area contributed by atoms with Crippen molar-refractivity contribution in [3.8, 4) is 0 Å². The first-order valence-electron chi connectivity index (χ1n) is 6.94. The van der Waals surface area contributed by atoms with E-state index in [0.29, 0.717) is 17.3 Å². The average Bonchev–Trinajstić information content (AvgIpc) is 2.49. The molecule has 6 nitrogen and oxygen atoms in total. The number of piperidine rings is 1. The smallest absolute Gasteiger partial charge is 0.251 e. The molecule has 1 aromatic rings. The van der Waals surface area contributed by atoms with Crippen LogP contribution in [0.4, 0.5) is 0 Å².